The zero-order valence-corrected chi connectivity index (χ0v) is 19.9. The lowest BCUT2D eigenvalue weighted by molar-refractivity contribution is -0.113. The molecular weight excluding hydrogens is 487 g/mol. The number of furan rings is 1. The van der Waals surface area contributed by atoms with E-state index >= 15 is 0 Å². The number of fused-ring (bicyclic) bond motifs is 1. The van der Waals surface area contributed by atoms with E-state index in [9.17, 15) is 9.59 Å². The third-order valence-electron chi connectivity index (χ3n) is 4.62. The number of rotatable bonds is 7. The molecular formula is C22H18Cl2N4O4S. The first-order valence-corrected chi connectivity index (χ1v) is 11.6. The van der Waals surface area contributed by atoms with E-state index in [1.54, 1.807) is 30.7 Å². The Kier molecular flexibility index (Phi) is 6.92. The molecule has 0 aliphatic rings. The van der Waals surface area contributed by atoms with Crippen LogP contribution in [0.1, 0.15) is 17.3 Å². The Labute approximate surface area is 203 Å². The van der Waals surface area contributed by atoms with Gasteiger partial charge in [-0.15, -0.1) is 10.2 Å². The summed E-state index contributed by atoms with van der Waals surface area (Å²) in [4.78, 5) is 24.4. The lowest BCUT2D eigenvalue weighted by atomic mass is 10.2. The van der Waals surface area contributed by atoms with E-state index in [2.05, 4.69) is 15.5 Å². The standard InChI is InChI=1S/C22H18Cl2N4O4S/c1-3-31-21(30)12-4-6-15(24)16(9-12)25-19(29)11-33-22-27-26-20(28(22)2)18-10-13-8-14(23)5-7-17(13)32-18/h4-10H,3,11H2,1-2H3,(H,25,29). The van der Waals surface area contributed by atoms with Gasteiger partial charge >= 0.3 is 5.97 Å². The van der Waals surface area contributed by atoms with E-state index < -0.39 is 5.97 Å². The highest BCUT2D eigenvalue weighted by molar-refractivity contribution is 7.99. The van der Waals surface area contributed by atoms with E-state index in [0.29, 0.717) is 43.6 Å². The average Bonchev–Trinajstić information content (AvgIpc) is 3.36. The Morgan fingerprint density at radius 3 is 2.76 bits per heavy atom. The highest BCUT2D eigenvalue weighted by atomic mass is 35.5. The van der Waals surface area contributed by atoms with Crippen LogP contribution in [0.25, 0.3) is 22.6 Å². The fraction of sp³-hybridized carbons (Fsp3) is 0.182. The smallest absolute Gasteiger partial charge is 0.338 e. The molecule has 2 heterocycles. The largest absolute Gasteiger partial charge is 0.462 e. The van der Waals surface area contributed by atoms with Gasteiger partial charge in [0.25, 0.3) is 0 Å². The second kappa shape index (κ2) is 9.86. The number of nitrogens with one attached hydrogen (secondary N) is 1. The number of benzene rings is 2. The zero-order valence-electron chi connectivity index (χ0n) is 17.6. The van der Waals surface area contributed by atoms with E-state index in [1.807, 2.05) is 12.1 Å². The number of esters is 1. The van der Waals surface area contributed by atoms with Crippen LogP contribution < -0.4 is 5.32 Å². The van der Waals surface area contributed by atoms with Crippen molar-refractivity contribution in [3.05, 3.63) is 58.1 Å². The number of nitrogens with zero attached hydrogens (tertiary/aromatic N) is 3. The van der Waals surface area contributed by atoms with Gasteiger partial charge in [-0.05, 0) is 49.4 Å². The van der Waals surface area contributed by atoms with Crippen molar-refractivity contribution in [2.24, 2.45) is 7.05 Å². The maximum absolute atomic E-state index is 12.5. The summed E-state index contributed by atoms with van der Waals surface area (Å²) in [5.41, 5.74) is 1.31. The number of hydrogen-bond donors (Lipinski definition) is 1. The predicted octanol–water partition coefficient (Wildman–Crippen LogP) is 5.44. The number of halogens is 2. The Bertz CT molecular complexity index is 1350. The molecule has 1 N–H and O–H groups in total. The molecule has 8 nitrogen and oxygen atoms in total. The Morgan fingerprint density at radius 2 is 1.97 bits per heavy atom. The lowest BCUT2D eigenvalue weighted by Crippen LogP contribution is -2.15. The van der Waals surface area contributed by atoms with Gasteiger partial charge in [-0.1, -0.05) is 35.0 Å². The van der Waals surface area contributed by atoms with Gasteiger partial charge in [0.15, 0.2) is 16.7 Å². The van der Waals surface area contributed by atoms with E-state index in [-0.39, 0.29) is 18.3 Å². The number of carbonyl (C=O) groups is 2. The first kappa shape index (κ1) is 23.2. The molecule has 0 aliphatic carbocycles. The zero-order chi connectivity index (χ0) is 23.5. The SMILES string of the molecule is CCOC(=O)c1ccc(Cl)c(NC(=O)CSc2nnc(-c3cc4cc(Cl)ccc4o3)n2C)c1. The molecule has 170 valence electrons. The number of ether oxygens (including phenoxy) is 1. The van der Waals surface area contributed by atoms with Crippen LogP contribution in [0.2, 0.25) is 10.0 Å². The van der Waals surface area contributed by atoms with Crippen molar-refractivity contribution in [2.45, 2.75) is 12.1 Å². The number of aromatic nitrogens is 3. The number of hydrogen-bond acceptors (Lipinski definition) is 7. The van der Waals surface area contributed by atoms with Crippen molar-refractivity contribution < 1.29 is 18.7 Å². The Hall–Kier alpha value is -3.01. The minimum absolute atomic E-state index is 0.0572. The molecule has 0 atom stereocenters. The predicted molar refractivity (Wildman–Crippen MR) is 128 cm³/mol. The van der Waals surface area contributed by atoms with Crippen LogP contribution in [-0.4, -0.2) is 39.0 Å². The van der Waals surface area contributed by atoms with Crippen molar-refractivity contribution in [2.75, 3.05) is 17.7 Å². The van der Waals surface area contributed by atoms with Crippen molar-refractivity contribution in [1.82, 2.24) is 14.8 Å². The third-order valence-corrected chi connectivity index (χ3v) is 6.20. The fourth-order valence-corrected chi connectivity index (χ4v) is 4.11. The quantitative estimate of drug-likeness (QED) is 0.264. The van der Waals surface area contributed by atoms with Crippen molar-refractivity contribution in [3.63, 3.8) is 0 Å². The van der Waals surface area contributed by atoms with Gasteiger partial charge in [0.2, 0.25) is 5.91 Å². The van der Waals surface area contributed by atoms with Crippen LogP contribution in [-0.2, 0) is 16.6 Å². The Morgan fingerprint density at radius 1 is 1.15 bits per heavy atom. The molecule has 2 aromatic carbocycles. The van der Waals surface area contributed by atoms with Gasteiger partial charge in [0.1, 0.15) is 5.58 Å². The van der Waals surface area contributed by atoms with Crippen LogP contribution >= 0.6 is 35.0 Å². The second-order valence-electron chi connectivity index (χ2n) is 6.91. The van der Waals surface area contributed by atoms with Gasteiger partial charge in [-0.2, -0.15) is 0 Å². The van der Waals surface area contributed by atoms with Gasteiger partial charge < -0.3 is 19.0 Å². The van der Waals surface area contributed by atoms with E-state index in [1.165, 1.54) is 30.0 Å². The summed E-state index contributed by atoms with van der Waals surface area (Å²) in [7, 11) is 1.79. The van der Waals surface area contributed by atoms with E-state index in [0.717, 1.165) is 5.39 Å². The van der Waals surface area contributed by atoms with Crippen molar-refractivity contribution in [1.29, 1.82) is 0 Å². The van der Waals surface area contributed by atoms with Gasteiger partial charge in [0.05, 0.1) is 28.6 Å². The molecule has 0 saturated carbocycles. The molecule has 0 unspecified atom stereocenters. The monoisotopic (exact) mass is 504 g/mol. The van der Waals surface area contributed by atoms with Crippen LogP contribution in [0, 0.1) is 0 Å². The normalized spacial score (nSPS) is 11.0. The minimum Gasteiger partial charge on any atom is -0.462 e. The highest BCUT2D eigenvalue weighted by Crippen LogP contribution is 2.30. The average molecular weight is 505 g/mol. The molecule has 4 aromatic rings. The molecule has 0 aliphatic heterocycles. The first-order chi connectivity index (χ1) is 15.9. The van der Waals surface area contributed by atoms with Crippen LogP contribution in [0.15, 0.2) is 52.0 Å². The van der Waals surface area contributed by atoms with Crippen LogP contribution in [0.4, 0.5) is 5.69 Å². The molecule has 4 rings (SSSR count). The molecule has 0 spiro atoms. The molecule has 11 heteroatoms. The van der Waals surface area contributed by atoms with Gasteiger partial charge in [-0.3, -0.25) is 4.79 Å². The highest BCUT2D eigenvalue weighted by Gasteiger charge is 2.17. The summed E-state index contributed by atoms with van der Waals surface area (Å²) in [6, 6.07) is 11.7. The summed E-state index contributed by atoms with van der Waals surface area (Å²) in [5.74, 6) is 0.322. The van der Waals surface area contributed by atoms with E-state index in [4.69, 9.17) is 32.4 Å². The minimum atomic E-state index is -0.487. The molecule has 1 amide bonds. The van der Waals surface area contributed by atoms with Crippen LogP contribution in [0.3, 0.4) is 0 Å². The summed E-state index contributed by atoms with van der Waals surface area (Å²) in [5, 5.41) is 13.4. The fourth-order valence-electron chi connectivity index (χ4n) is 3.06. The number of thioether (sulfide) groups is 1. The molecule has 0 saturated heterocycles. The molecule has 0 fully saturated rings. The molecule has 0 radical (unpaired) electrons. The maximum atomic E-state index is 12.5. The summed E-state index contributed by atoms with van der Waals surface area (Å²) < 4.78 is 12.6. The summed E-state index contributed by atoms with van der Waals surface area (Å²) in [6.07, 6.45) is 0. The Balaban J connectivity index is 1.43. The first-order valence-electron chi connectivity index (χ1n) is 9.84. The topological polar surface area (TPSA) is 99.2 Å². The molecule has 33 heavy (non-hydrogen) atoms. The van der Waals surface area contributed by atoms with Crippen LogP contribution in [0.5, 0.6) is 0 Å². The lowest BCUT2D eigenvalue weighted by Gasteiger charge is -2.09. The maximum Gasteiger partial charge on any atom is 0.338 e. The third kappa shape index (κ3) is 5.16. The second-order valence-corrected chi connectivity index (χ2v) is 8.70. The summed E-state index contributed by atoms with van der Waals surface area (Å²) in [6.45, 7) is 1.97. The number of carbonyl (C=O) groups excluding carboxylic acids is 2. The molecule has 0 bridgehead atoms. The molecule has 2 aromatic heterocycles. The number of amides is 1. The summed E-state index contributed by atoms with van der Waals surface area (Å²) >= 11 is 13.4. The van der Waals surface area contributed by atoms with Gasteiger partial charge in [-0.25, -0.2) is 4.79 Å². The van der Waals surface area contributed by atoms with Gasteiger partial charge in [0, 0.05) is 17.5 Å². The van der Waals surface area contributed by atoms with Crippen molar-refractivity contribution >= 4 is 63.5 Å². The van der Waals surface area contributed by atoms with Crippen molar-refractivity contribution in [3.8, 4) is 11.6 Å². The number of anilines is 1.